The molecule has 0 aromatic heterocycles. The number of hydrogen-bond acceptors (Lipinski definition) is 3. The molecule has 1 N–H and O–H groups in total. The molecule has 1 aliphatic rings. The molecule has 3 heteroatoms. The zero-order valence-corrected chi connectivity index (χ0v) is 13.9. The zero-order chi connectivity index (χ0) is 16.1. The van der Waals surface area contributed by atoms with Crippen molar-refractivity contribution in [2.45, 2.75) is 5.41 Å². The largest absolute Gasteiger partial charge is 0.395 e. The molecular formula is C20H26N2O. The number of aliphatic hydroxyl groups excluding tert-OH is 1. The highest BCUT2D eigenvalue weighted by molar-refractivity contribution is 5.40. The van der Waals surface area contributed by atoms with Gasteiger partial charge in [-0.05, 0) is 18.2 Å². The Hall–Kier alpha value is -1.68. The molecule has 1 fully saturated rings. The normalized spacial score (nSPS) is 17.3. The van der Waals surface area contributed by atoms with Crippen LogP contribution in [0, 0.1) is 0 Å². The monoisotopic (exact) mass is 310 g/mol. The Kier molecular flexibility index (Phi) is 5.11. The van der Waals surface area contributed by atoms with E-state index in [0.29, 0.717) is 0 Å². The van der Waals surface area contributed by atoms with Gasteiger partial charge in [0.05, 0.1) is 12.0 Å². The summed E-state index contributed by atoms with van der Waals surface area (Å²) < 4.78 is 0. The average Bonchev–Trinajstić information content (AvgIpc) is 2.63. The highest BCUT2D eigenvalue weighted by Crippen LogP contribution is 2.33. The lowest BCUT2D eigenvalue weighted by Crippen LogP contribution is -2.51. The lowest BCUT2D eigenvalue weighted by molar-refractivity contribution is 0.109. The fraction of sp³-hybridized carbons (Fsp3) is 0.400. The van der Waals surface area contributed by atoms with E-state index in [1.807, 2.05) is 12.1 Å². The number of aliphatic hydroxyl groups is 1. The number of piperazine rings is 1. The lowest BCUT2D eigenvalue weighted by Gasteiger charge is -2.41. The molecule has 2 aromatic rings. The van der Waals surface area contributed by atoms with Crippen LogP contribution in [0.3, 0.4) is 0 Å². The minimum Gasteiger partial charge on any atom is -0.395 e. The minimum absolute atomic E-state index is 0.118. The van der Waals surface area contributed by atoms with Gasteiger partial charge in [-0.2, -0.15) is 0 Å². The summed E-state index contributed by atoms with van der Waals surface area (Å²) in [6, 6.07) is 20.9. The van der Waals surface area contributed by atoms with Gasteiger partial charge in [0.2, 0.25) is 0 Å². The van der Waals surface area contributed by atoms with Gasteiger partial charge in [0.15, 0.2) is 0 Å². The Balaban J connectivity index is 1.96. The summed E-state index contributed by atoms with van der Waals surface area (Å²) in [5.74, 6) is 0. The van der Waals surface area contributed by atoms with Crippen LogP contribution in [-0.2, 0) is 5.41 Å². The van der Waals surface area contributed by atoms with Crippen LogP contribution in [0.5, 0.6) is 0 Å². The summed E-state index contributed by atoms with van der Waals surface area (Å²) in [7, 11) is 2.17. The summed E-state index contributed by atoms with van der Waals surface area (Å²) in [5, 5.41) is 10.4. The SMILES string of the molecule is CN1CCN(CC(CO)(c2ccccc2)c2ccccc2)CC1. The van der Waals surface area contributed by atoms with E-state index in [1.165, 1.54) is 11.1 Å². The van der Waals surface area contributed by atoms with E-state index in [2.05, 4.69) is 65.4 Å². The number of nitrogens with zero attached hydrogens (tertiary/aromatic N) is 2. The smallest absolute Gasteiger partial charge is 0.0581 e. The summed E-state index contributed by atoms with van der Waals surface area (Å²) >= 11 is 0. The van der Waals surface area contributed by atoms with Gasteiger partial charge in [-0.1, -0.05) is 60.7 Å². The summed E-state index contributed by atoms with van der Waals surface area (Å²) in [6.07, 6.45) is 0. The van der Waals surface area contributed by atoms with Crippen LogP contribution in [0.4, 0.5) is 0 Å². The first-order valence-electron chi connectivity index (χ1n) is 8.37. The Morgan fingerprint density at radius 1 is 0.826 bits per heavy atom. The number of likely N-dealkylation sites (N-methyl/N-ethyl adjacent to an activating group) is 1. The van der Waals surface area contributed by atoms with E-state index in [4.69, 9.17) is 0 Å². The maximum Gasteiger partial charge on any atom is 0.0581 e. The molecule has 3 rings (SSSR count). The van der Waals surface area contributed by atoms with Gasteiger partial charge in [-0.3, -0.25) is 4.90 Å². The second kappa shape index (κ2) is 7.26. The molecule has 23 heavy (non-hydrogen) atoms. The molecule has 1 aliphatic heterocycles. The second-order valence-electron chi connectivity index (χ2n) is 6.55. The van der Waals surface area contributed by atoms with Crippen molar-refractivity contribution >= 4 is 0 Å². The highest BCUT2D eigenvalue weighted by atomic mass is 16.3. The van der Waals surface area contributed by atoms with Crippen molar-refractivity contribution in [3.8, 4) is 0 Å². The van der Waals surface area contributed by atoms with Crippen molar-refractivity contribution in [1.82, 2.24) is 9.80 Å². The molecule has 0 saturated carbocycles. The predicted octanol–water partition coefficient (Wildman–Crippen LogP) is 2.21. The third-order valence-electron chi connectivity index (χ3n) is 5.01. The van der Waals surface area contributed by atoms with Crippen molar-refractivity contribution in [1.29, 1.82) is 0 Å². The molecular weight excluding hydrogens is 284 g/mol. The Morgan fingerprint density at radius 2 is 1.30 bits per heavy atom. The van der Waals surface area contributed by atoms with Crippen LogP contribution in [0.15, 0.2) is 60.7 Å². The van der Waals surface area contributed by atoms with Crippen molar-refractivity contribution < 1.29 is 5.11 Å². The summed E-state index contributed by atoms with van der Waals surface area (Å²) in [6.45, 7) is 5.25. The molecule has 122 valence electrons. The molecule has 0 bridgehead atoms. The third kappa shape index (κ3) is 3.47. The van der Waals surface area contributed by atoms with E-state index in [1.54, 1.807) is 0 Å². The van der Waals surface area contributed by atoms with E-state index in [0.717, 1.165) is 32.7 Å². The Labute approximate surface area is 139 Å². The molecule has 1 heterocycles. The Morgan fingerprint density at radius 3 is 1.74 bits per heavy atom. The fourth-order valence-electron chi connectivity index (χ4n) is 3.48. The molecule has 0 aliphatic carbocycles. The van der Waals surface area contributed by atoms with Crippen LogP contribution >= 0.6 is 0 Å². The van der Waals surface area contributed by atoms with E-state index in [-0.39, 0.29) is 12.0 Å². The fourth-order valence-corrected chi connectivity index (χ4v) is 3.48. The van der Waals surface area contributed by atoms with E-state index in [9.17, 15) is 5.11 Å². The van der Waals surface area contributed by atoms with E-state index >= 15 is 0 Å². The quantitative estimate of drug-likeness (QED) is 0.917. The number of benzene rings is 2. The lowest BCUT2D eigenvalue weighted by atomic mass is 9.74. The number of rotatable bonds is 5. The molecule has 3 nitrogen and oxygen atoms in total. The standard InChI is InChI=1S/C20H26N2O/c1-21-12-14-22(15-13-21)16-20(17-23,18-8-4-2-5-9-18)19-10-6-3-7-11-19/h2-11,23H,12-17H2,1H3. The molecule has 0 unspecified atom stereocenters. The topological polar surface area (TPSA) is 26.7 Å². The van der Waals surface area contributed by atoms with Crippen molar-refractivity contribution in [3.05, 3.63) is 71.8 Å². The molecule has 0 radical (unpaired) electrons. The van der Waals surface area contributed by atoms with Gasteiger partial charge in [-0.25, -0.2) is 0 Å². The van der Waals surface area contributed by atoms with Crippen LogP contribution < -0.4 is 0 Å². The maximum absolute atomic E-state index is 10.4. The summed E-state index contributed by atoms with van der Waals surface area (Å²) in [4.78, 5) is 4.85. The second-order valence-corrected chi connectivity index (χ2v) is 6.55. The van der Waals surface area contributed by atoms with Gasteiger partial charge in [0.1, 0.15) is 0 Å². The molecule has 1 saturated heterocycles. The van der Waals surface area contributed by atoms with Gasteiger partial charge < -0.3 is 10.0 Å². The average molecular weight is 310 g/mol. The van der Waals surface area contributed by atoms with Crippen molar-refractivity contribution in [2.75, 3.05) is 46.4 Å². The first-order valence-corrected chi connectivity index (χ1v) is 8.37. The summed E-state index contributed by atoms with van der Waals surface area (Å²) in [5.41, 5.74) is 2.01. The van der Waals surface area contributed by atoms with E-state index < -0.39 is 0 Å². The van der Waals surface area contributed by atoms with Crippen molar-refractivity contribution in [2.24, 2.45) is 0 Å². The first-order chi connectivity index (χ1) is 11.2. The molecule has 0 atom stereocenters. The van der Waals surface area contributed by atoms with Gasteiger partial charge >= 0.3 is 0 Å². The van der Waals surface area contributed by atoms with Gasteiger partial charge in [0.25, 0.3) is 0 Å². The Bertz CT molecular complexity index is 552. The minimum atomic E-state index is -0.363. The maximum atomic E-state index is 10.4. The van der Waals surface area contributed by atoms with Gasteiger partial charge in [-0.15, -0.1) is 0 Å². The first kappa shape index (κ1) is 16.2. The van der Waals surface area contributed by atoms with Crippen molar-refractivity contribution in [3.63, 3.8) is 0 Å². The van der Waals surface area contributed by atoms with Crippen LogP contribution in [0.1, 0.15) is 11.1 Å². The van der Waals surface area contributed by atoms with Gasteiger partial charge in [0, 0.05) is 32.7 Å². The zero-order valence-electron chi connectivity index (χ0n) is 13.9. The van der Waals surface area contributed by atoms with Crippen LogP contribution in [0.25, 0.3) is 0 Å². The predicted molar refractivity (Wildman–Crippen MR) is 94.7 cm³/mol. The number of hydrogen-bond donors (Lipinski definition) is 1. The van der Waals surface area contributed by atoms with Crippen LogP contribution in [-0.4, -0.2) is 61.3 Å². The van der Waals surface area contributed by atoms with Crippen LogP contribution in [0.2, 0.25) is 0 Å². The molecule has 2 aromatic carbocycles. The highest BCUT2D eigenvalue weighted by Gasteiger charge is 2.36. The third-order valence-corrected chi connectivity index (χ3v) is 5.01. The molecule has 0 amide bonds. The molecule has 0 spiro atoms.